The van der Waals surface area contributed by atoms with Crippen molar-refractivity contribution in [2.45, 2.75) is 0 Å². The number of methoxy groups -OCH3 is 2. The molecule has 118 valence electrons. The summed E-state index contributed by atoms with van der Waals surface area (Å²) in [7, 11) is 3.18. The number of terminal acetylenes is 1. The lowest BCUT2D eigenvalue weighted by molar-refractivity contribution is 0.0996. The monoisotopic (exact) mass is 317 g/mol. The van der Waals surface area contributed by atoms with Crippen LogP contribution in [0.25, 0.3) is 21.5 Å². The summed E-state index contributed by atoms with van der Waals surface area (Å²) in [5.74, 6) is 3.63. The van der Waals surface area contributed by atoms with Crippen LogP contribution in [0.4, 0.5) is 5.69 Å². The van der Waals surface area contributed by atoms with Gasteiger partial charge in [-0.15, -0.1) is 6.42 Å². The maximum absolute atomic E-state index is 12.8. The van der Waals surface area contributed by atoms with E-state index in [1.807, 2.05) is 30.3 Å². The number of hydrogen-bond donors (Lipinski definition) is 0. The van der Waals surface area contributed by atoms with Crippen LogP contribution >= 0.6 is 0 Å². The second kappa shape index (κ2) is 5.17. The van der Waals surface area contributed by atoms with Gasteiger partial charge in [0.15, 0.2) is 11.5 Å². The molecule has 0 N–H and O–H groups in total. The molecule has 24 heavy (non-hydrogen) atoms. The zero-order valence-electron chi connectivity index (χ0n) is 13.4. The number of carbonyl (C=O) groups excluding carboxylic acids is 1. The van der Waals surface area contributed by atoms with Gasteiger partial charge in [0.1, 0.15) is 0 Å². The third kappa shape index (κ3) is 1.73. The highest BCUT2D eigenvalue weighted by atomic mass is 16.5. The van der Waals surface area contributed by atoms with Gasteiger partial charge < -0.3 is 9.47 Å². The maximum atomic E-state index is 12.8. The molecule has 0 bridgehead atoms. The van der Waals surface area contributed by atoms with Crippen LogP contribution in [0, 0.1) is 12.3 Å². The molecule has 0 atom stereocenters. The minimum absolute atomic E-state index is 0.107. The number of hydrogen-bond acceptors (Lipinski definition) is 3. The largest absolute Gasteiger partial charge is 0.493 e. The first-order valence-corrected chi connectivity index (χ1v) is 7.57. The molecule has 0 saturated heterocycles. The third-order valence-electron chi connectivity index (χ3n) is 4.46. The fraction of sp³-hybridized carbons (Fsp3) is 0.150. The van der Waals surface area contributed by atoms with E-state index < -0.39 is 0 Å². The van der Waals surface area contributed by atoms with E-state index in [-0.39, 0.29) is 12.5 Å². The van der Waals surface area contributed by atoms with E-state index in [1.165, 1.54) is 0 Å². The summed E-state index contributed by atoms with van der Waals surface area (Å²) in [6.07, 6.45) is 5.46. The van der Waals surface area contributed by atoms with Crippen LogP contribution in [0.2, 0.25) is 0 Å². The van der Waals surface area contributed by atoms with Crippen LogP contribution in [-0.4, -0.2) is 26.7 Å². The van der Waals surface area contributed by atoms with Crippen molar-refractivity contribution in [1.82, 2.24) is 0 Å². The Hall–Kier alpha value is -3.19. The molecular formula is C20H15NO3. The van der Waals surface area contributed by atoms with Gasteiger partial charge in [-0.25, -0.2) is 0 Å². The first-order valence-electron chi connectivity index (χ1n) is 7.57. The van der Waals surface area contributed by atoms with Crippen molar-refractivity contribution in [3.8, 4) is 23.8 Å². The fourth-order valence-electron chi connectivity index (χ4n) is 3.47. The number of carbonyl (C=O) groups is 1. The first kappa shape index (κ1) is 14.4. The topological polar surface area (TPSA) is 38.8 Å². The van der Waals surface area contributed by atoms with E-state index in [4.69, 9.17) is 15.9 Å². The average molecular weight is 317 g/mol. The molecule has 1 aliphatic heterocycles. The molecule has 4 nitrogen and oxygen atoms in total. The number of amides is 1. The third-order valence-corrected chi connectivity index (χ3v) is 4.46. The molecule has 1 aliphatic rings. The Bertz CT molecular complexity index is 1050. The normalized spacial score (nSPS) is 12.7. The maximum Gasteiger partial charge on any atom is 0.259 e. The second-order valence-corrected chi connectivity index (χ2v) is 5.62. The summed E-state index contributed by atoms with van der Waals surface area (Å²) in [6, 6.07) is 11.7. The lowest BCUT2D eigenvalue weighted by Gasteiger charge is -2.16. The quantitative estimate of drug-likeness (QED) is 0.547. The molecule has 1 heterocycles. The van der Waals surface area contributed by atoms with Crippen molar-refractivity contribution >= 4 is 33.1 Å². The molecule has 3 aromatic rings. The molecule has 4 rings (SSSR count). The van der Waals surface area contributed by atoms with E-state index in [1.54, 1.807) is 25.2 Å². The minimum atomic E-state index is -0.107. The zero-order valence-corrected chi connectivity index (χ0v) is 13.4. The van der Waals surface area contributed by atoms with Crippen LogP contribution in [0.15, 0.2) is 36.4 Å². The van der Waals surface area contributed by atoms with Gasteiger partial charge in [0.05, 0.1) is 32.0 Å². The van der Waals surface area contributed by atoms with Gasteiger partial charge in [-0.05, 0) is 22.9 Å². The molecule has 3 aromatic carbocycles. The molecular weight excluding hydrogens is 302 g/mol. The predicted molar refractivity (Wildman–Crippen MR) is 95.1 cm³/mol. The number of ether oxygens (including phenoxy) is 2. The van der Waals surface area contributed by atoms with Gasteiger partial charge in [0.25, 0.3) is 5.91 Å². The van der Waals surface area contributed by atoms with Crippen molar-refractivity contribution in [2.24, 2.45) is 0 Å². The second-order valence-electron chi connectivity index (χ2n) is 5.62. The molecule has 0 aliphatic carbocycles. The Morgan fingerprint density at radius 3 is 2.62 bits per heavy atom. The molecule has 1 amide bonds. The first-order chi connectivity index (χ1) is 11.7. The summed E-state index contributed by atoms with van der Waals surface area (Å²) in [5, 5.41) is 3.79. The smallest absolute Gasteiger partial charge is 0.259 e. The molecule has 4 heteroatoms. The van der Waals surface area contributed by atoms with E-state index in [2.05, 4.69) is 5.92 Å². The van der Waals surface area contributed by atoms with Crippen molar-refractivity contribution < 1.29 is 14.3 Å². The number of anilines is 1. The summed E-state index contributed by atoms with van der Waals surface area (Å²) in [6.45, 7) is 0.228. The van der Waals surface area contributed by atoms with Crippen LogP contribution in [0.1, 0.15) is 10.4 Å². The Labute approximate surface area is 139 Å². The summed E-state index contributed by atoms with van der Waals surface area (Å²) >= 11 is 0. The van der Waals surface area contributed by atoms with Gasteiger partial charge in [-0.2, -0.15) is 0 Å². The van der Waals surface area contributed by atoms with Gasteiger partial charge in [0, 0.05) is 10.8 Å². The highest BCUT2D eigenvalue weighted by molar-refractivity contribution is 6.31. The van der Waals surface area contributed by atoms with Gasteiger partial charge in [-0.1, -0.05) is 30.2 Å². The molecule has 0 spiro atoms. The van der Waals surface area contributed by atoms with Crippen LogP contribution in [0.5, 0.6) is 11.5 Å². The van der Waals surface area contributed by atoms with Gasteiger partial charge >= 0.3 is 0 Å². The Morgan fingerprint density at radius 2 is 1.92 bits per heavy atom. The van der Waals surface area contributed by atoms with E-state index >= 15 is 0 Å². The number of benzene rings is 3. The number of nitrogens with zero attached hydrogens (tertiary/aromatic N) is 1. The SMILES string of the molecule is C#CCN1C(=O)c2cc(OC)c(OC)c3c2c1cc1ccccc13. The molecule has 0 aromatic heterocycles. The molecule has 0 fully saturated rings. The minimum Gasteiger partial charge on any atom is -0.493 e. The molecule has 0 radical (unpaired) electrons. The molecule has 0 saturated carbocycles. The van der Waals surface area contributed by atoms with Crippen LogP contribution < -0.4 is 14.4 Å². The number of fused-ring (bicyclic) bond motifs is 2. The lowest BCUT2D eigenvalue weighted by Crippen LogP contribution is -2.26. The highest BCUT2D eigenvalue weighted by Crippen LogP contribution is 2.49. The standard InChI is InChI=1S/C20H15NO3/c1-4-9-21-15-10-12-7-5-6-8-13(12)18-17(15)14(20(21)22)11-16(23-2)19(18)24-3/h1,5-8,10-11H,9H2,2-3H3. The Balaban J connectivity index is 2.26. The Kier molecular flexibility index (Phi) is 3.10. The van der Waals surface area contributed by atoms with Crippen molar-refractivity contribution in [2.75, 3.05) is 25.7 Å². The lowest BCUT2D eigenvalue weighted by atomic mass is 9.97. The van der Waals surface area contributed by atoms with Crippen molar-refractivity contribution in [3.05, 3.63) is 42.0 Å². The zero-order chi connectivity index (χ0) is 16.8. The van der Waals surface area contributed by atoms with E-state index in [9.17, 15) is 4.79 Å². The van der Waals surface area contributed by atoms with Gasteiger partial charge in [0.2, 0.25) is 0 Å². The summed E-state index contributed by atoms with van der Waals surface area (Å²) in [4.78, 5) is 14.5. The van der Waals surface area contributed by atoms with Crippen LogP contribution in [-0.2, 0) is 0 Å². The van der Waals surface area contributed by atoms with E-state index in [0.29, 0.717) is 17.1 Å². The fourth-order valence-corrected chi connectivity index (χ4v) is 3.47. The summed E-state index contributed by atoms with van der Waals surface area (Å²) in [5.41, 5.74) is 1.42. The predicted octanol–water partition coefficient (Wildman–Crippen LogP) is 3.60. The summed E-state index contributed by atoms with van der Waals surface area (Å²) < 4.78 is 11.1. The number of rotatable bonds is 3. The molecule has 0 unspecified atom stereocenters. The van der Waals surface area contributed by atoms with Crippen LogP contribution in [0.3, 0.4) is 0 Å². The van der Waals surface area contributed by atoms with Crippen molar-refractivity contribution in [3.63, 3.8) is 0 Å². The average Bonchev–Trinajstić information content (AvgIpc) is 2.87. The Morgan fingerprint density at radius 1 is 1.12 bits per heavy atom. The highest BCUT2D eigenvalue weighted by Gasteiger charge is 2.33. The van der Waals surface area contributed by atoms with Crippen molar-refractivity contribution in [1.29, 1.82) is 0 Å². The van der Waals surface area contributed by atoms with E-state index in [0.717, 1.165) is 27.2 Å². The van der Waals surface area contributed by atoms with Gasteiger partial charge in [-0.3, -0.25) is 9.69 Å².